The van der Waals surface area contributed by atoms with Crippen LogP contribution in [0.4, 0.5) is 0 Å². The average molecular weight is 271 g/mol. The summed E-state index contributed by atoms with van der Waals surface area (Å²) in [5.74, 6) is 0. The Morgan fingerprint density at radius 1 is 1.33 bits per heavy atom. The van der Waals surface area contributed by atoms with Gasteiger partial charge in [-0.1, -0.05) is 31.9 Å². The van der Waals surface area contributed by atoms with Crippen molar-refractivity contribution in [2.24, 2.45) is 5.41 Å². The quantitative estimate of drug-likeness (QED) is 0.835. The van der Waals surface area contributed by atoms with Crippen molar-refractivity contribution in [1.29, 1.82) is 0 Å². The van der Waals surface area contributed by atoms with Gasteiger partial charge in [-0.25, -0.2) is 4.79 Å². The number of nitrogens with zero attached hydrogens (tertiary/aromatic N) is 1. The van der Waals surface area contributed by atoms with E-state index < -0.39 is 0 Å². The molecular formula is C13H19ClN2O2. The molecule has 0 atom stereocenters. The molecule has 1 aliphatic carbocycles. The molecule has 0 saturated heterocycles. The number of aromatic nitrogens is 2. The summed E-state index contributed by atoms with van der Waals surface area (Å²) < 4.78 is 1.33. The van der Waals surface area contributed by atoms with E-state index in [2.05, 4.69) is 11.9 Å². The topological polar surface area (TPSA) is 54.9 Å². The molecule has 0 aromatic carbocycles. The summed E-state index contributed by atoms with van der Waals surface area (Å²) in [5.41, 5.74) is 0.0919. The molecule has 0 aliphatic heterocycles. The highest BCUT2D eigenvalue weighted by Crippen LogP contribution is 2.49. The van der Waals surface area contributed by atoms with Crippen LogP contribution in [-0.4, -0.2) is 9.55 Å². The molecule has 18 heavy (non-hydrogen) atoms. The Labute approximate surface area is 111 Å². The molecule has 1 fully saturated rings. The van der Waals surface area contributed by atoms with Crippen LogP contribution in [0.2, 0.25) is 5.15 Å². The van der Waals surface area contributed by atoms with Crippen molar-refractivity contribution in [3.05, 3.63) is 31.6 Å². The van der Waals surface area contributed by atoms with Gasteiger partial charge in [0.15, 0.2) is 0 Å². The molecule has 0 bridgehead atoms. The lowest BCUT2D eigenvalue weighted by molar-refractivity contribution is 0.390. The predicted octanol–water partition coefficient (Wildman–Crippen LogP) is 2.33. The maximum absolute atomic E-state index is 12.3. The van der Waals surface area contributed by atoms with Crippen LogP contribution in [0, 0.1) is 5.41 Å². The molecule has 1 aromatic rings. The van der Waals surface area contributed by atoms with Gasteiger partial charge < -0.3 is 0 Å². The van der Waals surface area contributed by atoms with Gasteiger partial charge in [0.25, 0.3) is 5.56 Å². The number of halogens is 1. The number of rotatable bonds is 5. The lowest BCUT2D eigenvalue weighted by Gasteiger charge is -2.14. The van der Waals surface area contributed by atoms with Crippen LogP contribution in [0.15, 0.2) is 9.59 Å². The Balaban J connectivity index is 2.44. The molecule has 0 unspecified atom stereocenters. The second-order valence-electron chi connectivity index (χ2n) is 5.22. The predicted molar refractivity (Wildman–Crippen MR) is 72.3 cm³/mol. The Morgan fingerprint density at radius 2 is 2.00 bits per heavy atom. The molecule has 5 heteroatoms. The molecule has 2 rings (SSSR count). The average Bonchev–Trinajstić information content (AvgIpc) is 3.11. The Morgan fingerprint density at radius 3 is 2.50 bits per heavy atom. The highest BCUT2D eigenvalue weighted by Gasteiger charge is 2.41. The van der Waals surface area contributed by atoms with Gasteiger partial charge >= 0.3 is 5.69 Å². The lowest BCUT2D eigenvalue weighted by atomic mass is 10.0. The van der Waals surface area contributed by atoms with Crippen LogP contribution >= 0.6 is 11.6 Å². The summed E-state index contributed by atoms with van der Waals surface area (Å²) in [6, 6.07) is 0. The first-order valence-corrected chi connectivity index (χ1v) is 6.92. The lowest BCUT2D eigenvalue weighted by Crippen LogP contribution is -2.39. The summed E-state index contributed by atoms with van der Waals surface area (Å²) >= 11 is 5.94. The van der Waals surface area contributed by atoms with E-state index in [1.165, 1.54) is 4.57 Å². The largest absolute Gasteiger partial charge is 0.329 e. The van der Waals surface area contributed by atoms with Crippen molar-refractivity contribution >= 4 is 11.6 Å². The summed E-state index contributed by atoms with van der Waals surface area (Å²) in [6.45, 7) is 4.61. The van der Waals surface area contributed by atoms with Crippen LogP contribution in [0.1, 0.15) is 45.1 Å². The zero-order chi connectivity index (χ0) is 13.3. The minimum absolute atomic E-state index is 0.161. The smallest absolute Gasteiger partial charge is 0.297 e. The first-order valence-electron chi connectivity index (χ1n) is 6.54. The number of hydrogen-bond acceptors (Lipinski definition) is 2. The summed E-state index contributed by atoms with van der Waals surface area (Å²) in [5, 5.41) is 0.199. The zero-order valence-corrected chi connectivity index (χ0v) is 11.6. The van der Waals surface area contributed by atoms with E-state index in [0.717, 1.165) is 25.7 Å². The van der Waals surface area contributed by atoms with Crippen LogP contribution in [0.25, 0.3) is 0 Å². The molecule has 1 saturated carbocycles. The van der Waals surface area contributed by atoms with Gasteiger partial charge in [0.2, 0.25) is 0 Å². The van der Waals surface area contributed by atoms with Crippen molar-refractivity contribution in [1.82, 2.24) is 9.55 Å². The summed E-state index contributed by atoms with van der Waals surface area (Å²) in [7, 11) is 0. The van der Waals surface area contributed by atoms with Gasteiger partial charge in [-0.2, -0.15) is 0 Å². The fraction of sp³-hybridized carbons (Fsp3) is 0.692. The molecule has 1 N–H and O–H groups in total. The third-order valence-corrected chi connectivity index (χ3v) is 4.25. The van der Waals surface area contributed by atoms with E-state index in [4.69, 9.17) is 11.6 Å². The van der Waals surface area contributed by atoms with Crippen LogP contribution in [-0.2, 0) is 13.0 Å². The van der Waals surface area contributed by atoms with E-state index >= 15 is 0 Å². The Hall–Kier alpha value is -1.03. The second-order valence-corrected chi connectivity index (χ2v) is 5.60. The molecule has 0 spiro atoms. The van der Waals surface area contributed by atoms with E-state index in [9.17, 15) is 9.59 Å². The molecule has 100 valence electrons. The van der Waals surface area contributed by atoms with Gasteiger partial charge in [0.05, 0.1) is 5.56 Å². The maximum atomic E-state index is 12.3. The summed E-state index contributed by atoms with van der Waals surface area (Å²) in [4.78, 5) is 26.7. The first-order chi connectivity index (χ1) is 8.53. The molecule has 1 aliphatic rings. The highest BCUT2D eigenvalue weighted by atomic mass is 35.5. The number of H-pyrrole nitrogens is 1. The minimum Gasteiger partial charge on any atom is -0.297 e. The van der Waals surface area contributed by atoms with E-state index in [1.54, 1.807) is 0 Å². The Kier molecular flexibility index (Phi) is 3.66. The molecule has 0 amide bonds. The number of nitrogens with one attached hydrogen (secondary N) is 1. The van der Waals surface area contributed by atoms with Crippen LogP contribution in [0.3, 0.4) is 0 Å². The third-order valence-electron chi connectivity index (χ3n) is 3.93. The van der Waals surface area contributed by atoms with Gasteiger partial charge in [0.1, 0.15) is 5.15 Å². The van der Waals surface area contributed by atoms with Crippen molar-refractivity contribution in [3.63, 3.8) is 0 Å². The van der Waals surface area contributed by atoms with Crippen molar-refractivity contribution in [2.45, 2.75) is 52.5 Å². The molecular weight excluding hydrogens is 252 g/mol. The van der Waals surface area contributed by atoms with Crippen LogP contribution in [0.5, 0.6) is 0 Å². The van der Waals surface area contributed by atoms with Gasteiger partial charge in [-0.15, -0.1) is 0 Å². The van der Waals surface area contributed by atoms with Gasteiger partial charge in [0, 0.05) is 6.54 Å². The van der Waals surface area contributed by atoms with E-state index in [-0.39, 0.29) is 21.8 Å². The summed E-state index contributed by atoms with van der Waals surface area (Å²) in [6.07, 6.45) is 4.64. The normalized spacial score (nSPS) is 16.8. The fourth-order valence-corrected chi connectivity index (χ4v) is 2.59. The van der Waals surface area contributed by atoms with Gasteiger partial charge in [-0.3, -0.25) is 14.3 Å². The SMILES string of the molecule is CCCc1c(Cl)[nH]c(=O)n(CC2(CC)CC2)c1=O. The zero-order valence-electron chi connectivity index (χ0n) is 10.9. The van der Waals surface area contributed by atoms with E-state index in [1.807, 2.05) is 6.92 Å². The number of hydrogen-bond donors (Lipinski definition) is 1. The minimum atomic E-state index is -0.385. The number of aromatic amines is 1. The standard InChI is InChI=1S/C13H19ClN2O2/c1-3-5-9-10(14)15-12(18)16(11(9)17)8-13(4-2)6-7-13/h3-8H2,1-2H3,(H,15,18). The van der Waals surface area contributed by atoms with E-state index in [0.29, 0.717) is 18.5 Å². The molecule has 1 aromatic heterocycles. The van der Waals surface area contributed by atoms with Gasteiger partial charge in [-0.05, 0) is 31.1 Å². The molecule has 0 radical (unpaired) electrons. The highest BCUT2D eigenvalue weighted by molar-refractivity contribution is 6.30. The van der Waals surface area contributed by atoms with Crippen molar-refractivity contribution in [2.75, 3.05) is 0 Å². The monoisotopic (exact) mass is 270 g/mol. The molecule has 4 nitrogen and oxygen atoms in total. The maximum Gasteiger partial charge on any atom is 0.329 e. The van der Waals surface area contributed by atoms with Crippen molar-refractivity contribution in [3.8, 4) is 0 Å². The first kappa shape index (κ1) is 13.4. The van der Waals surface area contributed by atoms with Crippen LogP contribution < -0.4 is 11.2 Å². The Bertz CT molecular complexity index is 555. The fourth-order valence-electron chi connectivity index (χ4n) is 2.33. The van der Waals surface area contributed by atoms with Crippen molar-refractivity contribution < 1.29 is 0 Å². The third kappa shape index (κ3) is 2.39. The second kappa shape index (κ2) is 4.92. The molecule has 1 heterocycles.